The van der Waals surface area contributed by atoms with Crippen molar-refractivity contribution in [3.8, 4) is 5.75 Å². The number of aromatic hydroxyl groups is 1. The number of thioether (sulfide) groups is 1. The smallest absolute Gasteiger partial charge is 0.264 e. The first kappa shape index (κ1) is 17.4. The van der Waals surface area contributed by atoms with Gasteiger partial charge >= 0.3 is 0 Å². The summed E-state index contributed by atoms with van der Waals surface area (Å²) in [5, 5.41) is 13.4. The van der Waals surface area contributed by atoms with Crippen molar-refractivity contribution >= 4 is 73.7 Å². The Labute approximate surface area is 160 Å². The summed E-state index contributed by atoms with van der Waals surface area (Å²) in [6.45, 7) is 0. The quantitative estimate of drug-likeness (QED) is 0.614. The van der Waals surface area contributed by atoms with E-state index in [4.69, 9.17) is 23.2 Å². The number of amides is 1. The van der Waals surface area contributed by atoms with Gasteiger partial charge in [0.05, 0.1) is 25.1 Å². The summed E-state index contributed by atoms with van der Waals surface area (Å²) in [5.74, 6) is -0.111. The van der Waals surface area contributed by atoms with Crippen LogP contribution in [0.4, 0.5) is 5.69 Å². The van der Waals surface area contributed by atoms with E-state index < -0.39 is 0 Å². The number of benzene rings is 2. The van der Waals surface area contributed by atoms with Crippen molar-refractivity contribution in [3.63, 3.8) is 0 Å². The van der Waals surface area contributed by atoms with Gasteiger partial charge in [0.15, 0.2) is 5.17 Å². The highest BCUT2D eigenvalue weighted by Crippen LogP contribution is 2.35. The summed E-state index contributed by atoms with van der Waals surface area (Å²) in [4.78, 5) is 16.9. The van der Waals surface area contributed by atoms with E-state index in [1.807, 2.05) is 0 Å². The normalized spacial score (nSPS) is 17.5. The van der Waals surface area contributed by atoms with Crippen LogP contribution in [0.3, 0.4) is 0 Å². The molecule has 1 aliphatic rings. The van der Waals surface area contributed by atoms with Crippen LogP contribution in [-0.2, 0) is 4.79 Å². The summed E-state index contributed by atoms with van der Waals surface area (Å²) >= 11 is 16.5. The second kappa shape index (κ2) is 7.19. The Bertz CT molecular complexity index is 900. The average molecular weight is 444 g/mol. The summed E-state index contributed by atoms with van der Waals surface area (Å²) in [6.07, 6.45) is 1.71. The molecular formula is C16H9BrCl2N2O2S. The van der Waals surface area contributed by atoms with Gasteiger partial charge in [0, 0.05) is 0 Å². The monoisotopic (exact) mass is 442 g/mol. The lowest BCUT2D eigenvalue weighted by Gasteiger charge is -2.01. The number of phenolic OH excluding ortho intramolecular Hbond substituents is 1. The summed E-state index contributed by atoms with van der Waals surface area (Å²) < 4.78 is 0.555. The van der Waals surface area contributed by atoms with Gasteiger partial charge in [-0.1, -0.05) is 35.3 Å². The predicted octanol–water partition coefficient (Wildman–Crippen LogP) is 5.35. The second-order valence-electron chi connectivity index (χ2n) is 4.77. The maximum atomic E-state index is 12.1. The Morgan fingerprint density at radius 1 is 1.25 bits per heavy atom. The van der Waals surface area contributed by atoms with Crippen LogP contribution < -0.4 is 5.32 Å². The molecule has 0 bridgehead atoms. The highest BCUT2D eigenvalue weighted by molar-refractivity contribution is 9.10. The lowest BCUT2D eigenvalue weighted by Crippen LogP contribution is -2.19. The Hall–Kier alpha value is -1.47. The molecule has 2 aromatic carbocycles. The molecule has 2 aromatic rings. The third-order valence-corrected chi connectivity index (χ3v) is 5.43. The molecule has 122 valence electrons. The van der Waals surface area contributed by atoms with Gasteiger partial charge < -0.3 is 10.4 Å². The van der Waals surface area contributed by atoms with Crippen LogP contribution in [0.2, 0.25) is 10.0 Å². The second-order valence-corrected chi connectivity index (χ2v) is 7.44. The SMILES string of the molecule is O=C1NC(=Nc2cccc(Cl)c2Cl)S/C1=C\c1ccc(O)c(Br)c1. The van der Waals surface area contributed by atoms with Crippen molar-refractivity contribution in [2.24, 2.45) is 4.99 Å². The number of rotatable bonds is 2. The molecule has 0 atom stereocenters. The molecule has 3 rings (SSSR count). The summed E-state index contributed by atoms with van der Waals surface area (Å²) in [7, 11) is 0. The number of carbonyl (C=O) groups excluding carboxylic acids is 1. The van der Waals surface area contributed by atoms with Crippen molar-refractivity contribution in [1.29, 1.82) is 0 Å². The van der Waals surface area contributed by atoms with Gasteiger partial charge in [-0.3, -0.25) is 4.79 Å². The molecular weight excluding hydrogens is 435 g/mol. The number of hydrogen-bond acceptors (Lipinski definition) is 4. The topological polar surface area (TPSA) is 61.7 Å². The van der Waals surface area contributed by atoms with E-state index in [1.165, 1.54) is 11.8 Å². The lowest BCUT2D eigenvalue weighted by molar-refractivity contribution is -0.115. The Morgan fingerprint density at radius 3 is 2.79 bits per heavy atom. The number of nitrogens with one attached hydrogen (secondary N) is 1. The molecule has 1 amide bonds. The molecule has 0 radical (unpaired) electrons. The third kappa shape index (κ3) is 3.78. The lowest BCUT2D eigenvalue weighted by atomic mass is 10.2. The van der Waals surface area contributed by atoms with Crippen molar-refractivity contribution in [1.82, 2.24) is 5.32 Å². The van der Waals surface area contributed by atoms with Crippen LogP contribution in [-0.4, -0.2) is 16.2 Å². The first-order valence-corrected chi connectivity index (χ1v) is 9.02. The maximum absolute atomic E-state index is 12.1. The number of halogens is 3. The van der Waals surface area contributed by atoms with Crippen molar-refractivity contribution in [2.45, 2.75) is 0 Å². The number of aliphatic imine (C=N–C) groups is 1. The van der Waals surface area contributed by atoms with Crippen LogP contribution in [0.25, 0.3) is 6.08 Å². The fraction of sp³-hybridized carbons (Fsp3) is 0. The first-order chi connectivity index (χ1) is 11.4. The molecule has 1 aliphatic heterocycles. The van der Waals surface area contributed by atoms with Gasteiger partial charge in [0.2, 0.25) is 0 Å². The van der Waals surface area contributed by atoms with Gasteiger partial charge in [-0.2, -0.15) is 0 Å². The van der Waals surface area contributed by atoms with Crippen LogP contribution >= 0.6 is 50.9 Å². The van der Waals surface area contributed by atoms with Gasteiger partial charge in [-0.25, -0.2) is 4.99 Å². The van der Waals surface area contributed by atoms with Crippen LogP contribution in [0, 0.1) is 0 Å². The molecule has 0 unspecified atom stereocenters. The zero-order valence-corrected chi connectivity index (χ0v) is 15.8. The molecule has 8 heteroatoms. The van der Waals surface area contributed by atoms with Crippen LogP contribution in [0.5, 0.6) is 5.75 Å². The third-order valence-electron chi connectivity index (χ3n) is 3.07. The number of phenols is 1. The predicted molar refractivity (Wildman–Crippen MR) is 103 cm³/mol. The van der Waals surface area contributed by atoms with E-state index in [-0.39, 0.29) is 11.7 Å². The largest absolute Gasteiger partial charge is 0.507 e. The molecule has 0 aliphatic carbocycles. The van der Waals surface area contributed by atoms with Gasteiger partial charge in [-0.05, 0) is 63.6 Å². The maximum Gasteiger partial charge on any atom is 0.264 e. The summed E-state index contributed by atoms with van der Waals surface area (Å²) in [5.41, 5.74) is 1.26. The molecule has 1 saturated heterocycles. The Balaban J connectivity index is 1.88. The van der Waals surface area contributed by atoms with E-state index in [9.17, 15) is 9.90 Å². The molecule has 0 saturated carbocycles. The highest BCUT2D eigenvalue weighted by atomic mass is 79.9. The molecule has 0 spiro atoms. The van der Waals surface area contributed by atoms with E-state index in [0.717, 1.165) is 5.56 Å². The fourth-order valence-electron chi connectivity index (χ4n) is 1.93. The zero-order valence-electron chi connectivity index (χ0n) is 11.9. The average Bonchev–Trinajstić information content (AvgIpc) is 2.87. The number of nitrogens with zero attached hydrogens (tertiary/aromatic N) is 1. The zero-order chi connectivity index (χ0) is 17.3. The Kier molecular flexibility index (Phi) is 5.20. The molecule has 0 aromatic heterocycles. The fourth-order valence-corrected chi connectivity index (χ4v) is 3.50. The molecule has 24 heavy (non-hydrogen) atoms. The van der Waals surface area contributed by atoms with Crippen molar-refractivity contribution in [3.05, 3.63) is 61.4 Å². The van der Waals surface area contributed by atoms with Gasteiger partial charge in [0.1, 0.15) is 5.75 Å². The highest BCUT2D eigenvalue weighted by Gasteiger charge is 2.24. The molecule has 1 fully saturated rings. The van der Waals surface area contributed by atoms with Crippen LogP contribution in [0.15, 0.2) is 50.8 Å². The van der Waals surface area contributed by atoms with E-state index in [2.05, 4.69) is 26.2 Å². The number of carbonyl (C=O) groups is 1. The molecule has 4 nitrogen and oxygen atoms in total. The van der Waals surface area contributed by atoms with E-state index in [0.29, 0.717) is 30.3 Å². The molecule has 2 N–H and O–H groups in total. The van der Waals surface area contributed by atoms with E-state index >= 15 is 0 Å². The van der Waals surface area contributed by atoms with Gasteiger partial charge in [0.25, 0.3) is 5.91 Å². The Morgan fingerprint density at radius 2 is 2.04 bits per heavy atom. The minimum absolute atomic E-state index is 0.138. The summed E-state index contributed by atoms with van der Waals surface area (Å²) in [6, 6.07) is 10.1. The minimum atomic E-state index is -0.249. The number of amidine groups is 1. The van der Waals surface area contributed by atoms with Gasteiger partial charge in [-0.15, -0.1) is 0 Å². The minimum Gasteiger partial charge on any atom is -0.507 e. The number of hydrogen-bond donors (Lipinski definition) is 2. The molecule has 1 heterocycles. The van der Waals surface area contributed by atoms with Crippen molar-refractivity contribution in [2.75, 3.05) is 0 Å². The van der Waals surface area contributed by atoms with Crippen LogP contribution in [0.1, 0.15) is 5.56 Å². The van der Waals surface area contributed by atoms with Crippen molar-refractivity contribution < 1.29 is 9.90 Å². The first-order valence-electron chi connectivity index (χ1n) is 6.66. The van der Waals surface area contributed by atoms with E-state index in [1.54, 1.807) is 42.5 Å². The standard InChI is InChI=1S/C16H9BrCl2N2O2S/c17-9-6-8(4-5-12(9)22)7-13-15(23)21-16(24-13)20-11-3-1-2-10(18)14(11)19/h1-7,22H,(H,20,21,23)/b13-7-.